The van der Waals surface area contributed by atoms with Gasteiger partial charge in [-0.25, -0.2) is 0 Å². The van der Waals surface area contributed by atoms with Crippen molar-refractivity contribution in [1.29, 1.82) is 0 Å². The molecular weight excluding hydrogens is 403 g/mol. The Bertz CT molecular complexity index is 702. The topological polar surface area (TPSA) is 78.9 Å². The maximum absolute atomic E-state index is 12.4. The summed E-state index contributed by atoms with van der Waals surface area (Å²) < 4.78 is 13.8. The normalized spacial score (nSPS) is 19.9. The van der Waals surface area contributed by atoms with E-state index in [1.807, 2.05) is 0 Å². The molecule has 128 valence electrons. The monoisotopic (exact) mass is 418 g/mol. The van der Waals surface area contributed by atoms with Crippen LogP contribution in [0.2, 0.25) is 5.02 Å². The molecule has 0 spiro atoms. The number of hydrogen-bond acceptors (Lipinski definition) is 6. The molecule has 0 amide bonds. The van der Waals surface area contributed by atoms with Crippen LogP contribution < -0.4 is 0 Å². The van der Waals surface area contributed by atoms with Gasteiger partial charge in [-0.15, -0.1) is 0 Å². The average molecular weight is 418 g/mol. The van der Waals surface area contributed by atoms with Crippen molar-refractivity contribution < 1.29 is 28.6 Å². The van der Waals surface area contributed by atoms with Gasteiger partial charge in [-0.3, -0.25) is 0 Å². The number of hydrogen-bond donors (Lipinski definition) is 0. The van der Waals surface area contributed by atoms with Crippen molar-refractivity contribution in [3.05, 3.63) is 45.4 Å². The van der Waals surface area contributed by atoms with Crippen LogP contribution in [0.3, 0.4) is 0 Å². The van der Waals surface area contributed by atoms with Gasteiger partial charge in [0, 0.05) is 0 Å². The van der Waals surface area contributed by atoms with E-state index < -0.39 is 37.4 Å². The van der Waals surface area contributed by atoms with Crippen LogP contribution in [-0.4, -0.2) is 51.6 Å². The number of carbonyl (C=O) groups is 3. The standard InChI is InChI=1S/C16H15ClO6Se/c1-21-14(19)12-7-4-8-16(24-12,15(20)22-2)23-13(18)10-5-3-6-11(17)9-10/h3,5-7,9H,4,8H2,1-2H3. The number of benzene rings is 1. The van der Waals surface area contributed by atoms with Crippen LogP contribution in [0.1, 0.15) is 23.2 Å². The molecule has 1 aliphatic rings. The van der Waals surface area contributed by atoms with E-state index in [4.69, 9.17) is 25.8 Å². The third kappa shape index (κ3) is 3.98. The van der Waals surface area contributed by atoms with Gasteiger partial charge in [0.1, 0.15) is 0 Å². The molecule has 6 nitrogen and oxygen atoms in total. The number of esters is 3. The summed E-state index contributed by atoms with van der Waals surface area (Å²) in [5, 5.41) is 0.376. The van der Waals surface area contributed by atoms with Crippen molar-refractivity contribution in [2.24, 2.45) is 0 Å². The summed E-state index contributed by atoms with van der Waals surface area (Å²) in [6.45, 7) is 0. The van der Waals surface area contributed by atoms with Gasteiger partial charge in [-0.05, 0) is 0 Å². The van der Waals surface area contributed by atoms with E-state index in [0.717, 1.165) is 0 Å². The van der Waals surface area contributed by atoms with Gasteiger partial charge in [0.2, 0.25) is 0 Å². The molecule has 0 saturated heterocycles. The Morgan fingerprint density at radius 2 is 1.92 bits per heavy atom. The predicted molar refractivity (Wildman–Crippen MR) is 86.7 cm³/mol. The van der Waals surface area contributed by atoms with Gasteiger partial charge >= 0.3 is 150 Å². The van der Waals surface area contributed by atoms with Crippen LogP contribution in [-0.2, 0) is 23.8 Å². The second-order valence-corrected chi connectivity index (χ2v) is 8.02. The first kappa shape index (κ1) is 18.5. The second-order valence-electron chi connectivity index (χ2n) is 4.85. The quantitative estimate of drug-likeness (QED) is 0.423. The molecule has 2 rings (SSSR count). The average Bonchev–Trinajstić information content (AvgIpc) is 2.60. The molecule has 1 aliphatic heterocycles. The Morgan fingerprint density at radius 1 is 1.17 bits per heavy atom. The summed E-state index contributed by atoms with van der Waals surface area (Å²) in [6, 6.07) is 6.21. The fourth-order valence-electron chi connectivity index (χ4n) is 2.13. The van der Waals surface area contributed by atoms with Gasteiger partial charge in [0.25, 0.3) is 0 Å². The zero-order valence-electron chi connectivity index (χ0n) is 13.0. The third-order valence-corrected chi connectivity index (χ3v) is 6.32. The maximum atomic E-state index is 12.4. The first-order chi connectivity index (χ1) is 11.4. The molecule has 0 aliphatic carbocycles. The molecule has 0 aromatic heterocycles. The van der Waals surface area contributed by atoms with Crippen LogP contribution in [0.25, 0.3) is 0 Å². The molecule has 1 atom stereocenters. The Morgan fingerprint density at radius 3 is 2.54 bits per heavy atom. The summed E-state index contributed by atoms with van der Waals surface area (Å²) in [6.07, 6.45) is 2.33. The zero-order chi connectivity index (χ0) is 17.7. The first-order valence-corrected chi connectivity index (χ1v) is 9.06. The van der Waals surface area contributed by atoms with Crippen molar-refractivity contribution in [2.45, 2.75) is 17.3 Å². The second kappa shape index (κ2) is 7.83. The molecule has 1 heterocycles. The summed E-state index contributed by atoms with van der Waals surface area (Å²) in [4.78, 5) is 36.5. The molecule has 8 heteroatoms. The predicted octanol–water partition coefficient (Wildman–Crippen LogP) is 1.92. The van der Waals surface area contributed by atoms with E-state index >= 15 is 0 Å². The van der Waals surface area contributed by atoms with E-state index in [-0.39, 0.29) is 12.0 Å². The van der Waals surface area contributed by atoms with Crippen LogP contribution >= 0.6 is 11.6 Å². The van der Waals surface area contributed by atoms with Crippen molar-refractivity contribution >= 4 is 44.5 Å². The third-order valence-electron chi connectivity index (χ3n) is 3.28. The Labute approximate surface area is 150 Å². The summed E-state index contributed by atoms with van der Waals surface area (Å²) in [5.74, 6) is -1.93. The van der Waals surface area contributed by atoms with Crippen LogP contribution in [0.4, 0.5) is 0 Å². The van der Waals surface area contributed by atoms with Gasteiger partial charge < -0.3 is 0 Å². The van der Waals surface area contributed by atoms with Crippen molar-refractivity contribution in [1.82, 2.24) is 0 Å². The fraction of sp³-hybridized carbons (Fsp3) is 0.312. The van der Waals surface area contributed by atoms with E-state index in [9.17, 15) is 14.4 Å². The number of rotatable bonds is 4. The number of methoxy groups -OCH3 is 2. The van der Waals surface area contributed by atoms with Crippen LogP contribution in [0.5, 0.6) is 0 Å². The van der Waals surface area contributed by atoms with Gasteiger partial charge in [0.05, 0.1) is 0 Å². The summed E-state index contributed by atoms with van der Waals surface area (Å²) in [7, 11) is 2.47. The molecule has 0 saturated carbocycles. The summed E-state index contributed by atoms with van der Waals surface area (Å²) in [5.41, 5.74) is 0.218. The van der Waals surface area contributed by atoms with E-state index in [1.54, 1.807) is 18.2 Å². The van der Waals surface area contributed by atoms with E-state index in [1.165, 1.54) is 26.4 Å². The van der Waals surface area contributed by atoms with Crippen molar-refractivity contribution in [3.63, 3.8) is 0 Å². The zero-order valence-corrected chi connectivity index (χ0v) is 15.5. The molecule has 1 unspecified atom stereocenters. The van der Waals surface area contributed by atoms with Gasteiger partial charge in [-0.1, -0.05) is 0 Å². The number of allylic oxidation sites excluding steroid dienone is 1. The molecule has 0 fully saturated rings. The molecule has 0 N–H and O–H groups in total. The summed E-state index contributed by atoms with van der Waals surface area (Å²) >= 11 is 5.10. The molecular formula is C16H15ClO6Se. The van der Waals surface area contributed by atoms with Gasteiger partial charge in [0.15, 0.2) is 0 Å². The number of halogens is 1. The number of ether oxygens (including phenoxy) is 3. The van der Waals surface area contributed by atoms with E-state index in [2.05, 4.69) is 0 Å². The van der Waals surface area contributed by atoms with Crippen LogP contribution in [0.15, 0.2) is 34.8 Å². The van der Waals surface area contributed by atoms with Crippen molar-refractivity contribution in [3.8, 4) is 0 Å². The van der Waals surface area contributed by atoms with Crippen LogP contribution in [0, 0.1) is 0 Å². The Hall–Kier alpha value is -1.82. The molecule has 0 bridgehead atoms. The fourth-order valence-corrected chi connectivity index (χ4v) is 4.89. The Balaban J connectivity index is 2.29. The molecule has 0 radical (unpaired) electrons. The SMILES string of the molecule is COC(=O)C1=CCCC(OC(=O)c2cccc(Cl)c2)(C(=O)OC)[Se]1. The first-order valence-electron chi connectivity index (χ1n) is 6.96. The van der Waals surface area contributed by atoms with E-state index in [0.29, 0.717) is 15.9 Å². The molecule has 1 aromatic carbocycles. The Kier molecular flexibility index (Phi) is 6.04. The van der Waals surface area contributed by atoms with Gasteiger partial charge in [-0.2, -0.15) is 0 Å². The molecule has 1 aromatic rings. The van der Waals surface area contributed by atoms with Crippen molar-refractivity contribution in [2.75, 3.05) is 14.2 Å². The minimum atomic E-state index is -1.50. The number of carbonyl (C=O) groups excluding carboxylic acids is 3. The molecule has 24 heavy (non-hydrogen) atoms. The minimum absolute atomic E-state index is 0.218.